The third kappa shape index (κ3) is 4.32. The van der Waals surface area contributed by atoms with E-state index in [1.807, 2.05) is 18.7 Å². The fourth-order valence-corrected chi connectivity index (χ4v) is 2.92. The van der Waals surface area contributed by atoms with Crippen LogP contribution in [0.1, 0.15) is 23.9 Å². The average molecular weight is 306 g/mol. The van der Waals surface area contributed by atoms with Crippen molar-refractivity contribution in [3.05, 3.63) is 52.3 Å². The molecule has 1 heterocycles. The molecule has 4 heteroatoms. The molecule has 0 aliphatic carbocycles. The van der Waals surface area contributed by atoms with Gasteiger partial charge in [-0.15, -0.1) is 0 Å². The number of halogens is 1. The van der Waals surface area contributed by atoms with Gasteiger partial charge < -0.3 is 5.32 Å². The van der Waals surface area contributed by atoms with Crippen molar-refractivity contribution < 1.29 is 0 Å². The molecule has 0 saturated carbocycles. The molecule has 114 valence electrons. The maximum Gasteiger partial charge on any atom is 0.0847 e. The van der Waals surface area contributed by atoms with Crippen LogP contribution in [0.4, 0.5) is 0 Å². The zero-order valence-corrected chi connectivity index (χ0v) is 13.8. The van der Waals surface area contributed by atoms with Crippen molar-refractivity contribution >= 4 is 11.6 Å². The fraction of sp³-hybridized carbons (Fsp3) is 0.471. The van der Waals surface area contributed by atoms with Gasteiger partial charge in [-0.1, -0.05) is 48.9 Å². The Morgan fingerprint density at radius 1 is 1.24 bits per heavy atom. The lowest BCUT2D eigenvalue weighted by Gasteiger charge is -2.18. The van der Waals surface area contributed by atoms with E-state index in [1.54, 1.807) is 0 Å². The van der Waals surface area contributed by atoms with Gasteiger partial charge in [0.25, 0.3) is 0 Å². The SMILES string of the molecule is CCNCC(Cc1ccccc1)Cc1c(Cl)c(C)nn1C. The maximum atomic E-state index is 6.39. The molecule has 1 N–H and O–H groups in total. The highest BCUT2D eigenvalue weighted by molar-refractivity contribution is 6.31. The minimum absolute atomic E-state index is 0.514. The zero-order valence-electron chi connectivity index (χ0n) is 13.1. The number of hydrogen-bond acceptors (Lipinski definition) is 2. The summed E-state index contributed by atoms with van der Waals surface area (Å²) in [5.74, 6) is 0.514. The van der Waals surface area contributed by atoms with Crippen LogP contribution in [0, 0.1) is 12.8 Å². The van der Waals surface area contributed by atoms with Crippen LogP contribution in [0.3, 0.4) is 0 Å². The van der Waals surface area contributed by atoms with Gasteiger partial charge >= 0.3 is 0 Å². The van der Waals surface area contributed by atoms with Gasteiger partial charge in [-0.2, -0.15) is 5.10 Å². The summed E-state index contributed by atoms with van der Waals surface area (Å²) in [5.41, 5.74) is 3.42. The van der Waals surface area contributed by atoms with E-state index in [0.717, 1.165) is 42.3 Å². The molecule has 1 atom stereocenters. The number of rotatable bonds is 7. The van der Waals surface area contributed by atoms with Crippen LogP contribution in [0.25, 0.3) is 0 Å². The first-order valence-corrected chi connectivity index (χ1v) is 7.92. The molecule has 0 bridgehead atoms. The normalized spacial score (nSPS) is 12.6. The molecular formula is C17H24ClN3. The van der Waals surface area contributed by atoms with Gasteiger partial charge in [-0.3, -0.25) is 4.68 Å². The first kappa shape index (κ1) is 16.1. The van der Waals surface area contributed by atoms with Crippen molar-refractivity contribution in [1.82, 2.24) is 15.1 Å². The van der Waals surface area contributed by atoms with E-state index in [1.165, 1.54) is 5.56 Å². The molecular weight excluding hydrogens is 282 g/mol. The smallest absolute Gasteiger partial charge is 0.0847 e. The Balaban J connectivity index is 2.12. The Kier molecular flexibility index (Phi) is 5.83. The molecule has 2 aromatic rings. The first-order valence-electron chi connectivity index (χ1n) is 7.54. The Morgan fingerprint density at radius 3 is 2.52 bits per heavy atom. The van der Waals surface area contributed by atoms with E-state index in [4.69, 9.17) is 11.6 Å². The number of nitrogens with zero attached hydrogens (tertiary/aromatic N) is 2. The van der Waals surface area contributed by atoms with E-state index in [2.05, 4.69) is 47.7 Å². The summed E-state index contributed by atoms with van der Waals surface area (Å²) < 4.78 is 1.92. The Bertz CT molecular complexity index is 563. The number of aromatic nitrogens is 2. The maximum absolute atomic E-state index is 6.39. The summed E-state index contributed by atoms with van der Waals surface area (Å²) in [6.07, 6.45) is 1.99. The van der Waals surface area contributed by atoms with Gasteiger partial charge in [-0.05, 0) is 44.3 Å². The minimum Gasteiger partial charge on any atom is -0.317 e. The number of hydrogen-bond donors (Lipinski definition) is 1. The Labute approximate surface area is 132 Å². The molecule has 0 radical (unpaired) electrons. The molecule has 1 aromatic heterocycles. The Morgan fingerprint density at radius 2 is 1.95 bits per heavy atom. The third-order valence-electron chi connectivity index (χ3n) is 3.79. The van der Waals surface area contributed by atoms with E-state index in [-0.39, 0.29) is 0 Å². The topological polar surface area (TPSA) is 29.9 Å². The summed E-state index contributed by atoms with van der Waals surface area (Å²) in [4.78, 5) is 0. The zero-order chi connectivity index (χ0) is 15.2. The lowest BCUT2D eigenvalue weighted by molar-refractivity contribution is 0.464. The predicted molar refractivity (Wildman–Crippen MR) is 88.8 cm³/mol. The van der Waals surface area contributed by atoms with E-state index in [9.17, 15) is 0 Å². The molecule has 21 heavy (non-hydrogen) atoms. The summed E-state index contributed by atoms with van der Waals surface area (Å²) >= 11 is 6.39. The van der Waals surface area contributed by atoms with Gasteiger partial charge in [0.05, 0.1) is 16.4 Å². The van der Waals surface area contributed by atoms with E-state index < -0.39 is 0 Å². The van der Waals surface area contributed by atoms with Crippen LogP contribution in [0.15, 0.2) is 30.3 Å². The lowest BCUT2D eigenvalue weighted by atomic mass is 9.94. The standard InChI is InChI=1S/C17H24ClN3/c1-4-19-12-15(10-14-8-6-5-7-9-14)11-16-17(18)13(2)20-21(16)3/h5-9,15,19H,4,10-12H2,1-3H3. The predicted octanol–water partition coefficient (Wildman–Crippen LogP) is 3.39. The second-order valence-electron chi connectivity index (χ2n) is 5.54. The number of nitrogens with one attached hydrogen (secondary N) is 1. The van der Waals surface area contributed by atoms with Crippen LogP contribution < -0.4 is 5.32 Å². The molecule has 1 aromatic carbocycles. The van der Waals surface area contributed by atoms with Crippen LogP contribution in [0.2, 0.25) is 5.02 Å². The van der Waals surface area contributed by atoms with E-state index >= 15 is 0 Å². The number of benzene rings is 1. The molecule has 2 rings (SSSR count). The monoisotopic (exact) mass is 305 g/mol. The van der Waals surface area contributed by atoms with E-state index in [0.29, 0.717) is 5.92 Å². The molecule has 3 nitrogen and oxygen atoms in total. The molecule has 0 spiro atoms. The fourth-order valence-electron chi connectivity index (χ4n) is 2.69. The summed E-state index contributed by atoms with van der Waals surface area (Å²) in [6, 6.07) is 10.6. The van der Waals surface area contributed by atoms with Gasteiger partial charge in [-0.25, -0.2) is 0 Å². The second-order valence-corrected chi connectivity index (χ2v) is 5.92. The molecule has 0 aliphatic heterocycles. The molecule has 0 saturated heterocycles. The largest absolute Gasteiger partial charge is 0.317 e. The summed E-state index contributed by atoms with van der Waals surface area (Å²) in [5, 5.41) is 8.69. The third-order valence-corrected chi connectivity index (χ3v) is 4.29. The second kappa shape index (κ2) is 7.62. The highest BCUT2D eigenvalue weighted by atomic mass is 35.5. The Hall–Kier alpha value is -1.32. The highest BCUT2D eigenvalue weighted by Gasteiger charge is 2.17. The molecule has 0 amide bonds. The van der Waals surface area contributed by atoms with Crippen molar-refractivity contribution in [2.24, 2.45) is 13.0 Å². The van der Waals surface area contributed by atoms with Crippen molar-refractivity contribution in [1.29, 1.82) is 0 Å². The summed E-state index contributed by atoms with van der Waals surface area (Å²) in [7, 11) is 1.97. The lowest BCUT2D eigenvalue weighted by Crippen LogP contribution is -2.26. The van der Waals surface area contributed by atoms with Crippen LogP contribution in [-0.4, -0.2) is 22.9 Å². The highest BCUT2D eigenvalue weighted by Crippen LogP contribution is 2.23. The van der Waals surface area contributed by atoms with Crippen LogP contribution >= 0.6 is 11.6 Å². The van der Waals surface area contributed by atoms with Gasteiger partial charge in [0, 0.05) is 7.05 Å². The number of aryl methyl sites for hydroxylation is 2. The minimum atomic E-state index is 0.514. The van der Waals surface area contributed by atoms with Gasteiger partial charge in [0.1, 0.15) is 0 Å². The van der Waals surface area contributed by atoms with Gasteiger partial charge in [0.2, 0.25) is 0 Å². The molecule has 0 aliphatic rings. The van der Waals surface area contributed by atoms with Crippen molar-refractivity contribution in [2.45, 2.75) is 26.7 Å². The summed E-state index contributed by atoms with van der Waals surface area (Å²) in [6.45, 7) is 6.08. The van der Waals surface area contributed by atoms with Crippen molar-refractivity contribution in [3.8, 4) is 0 Å². The van der Waals surface area contributed by atoms with Crippen molar-refractivity contribution in [3.63, 3.8) is 0 Å². The average Bonchev–Trinajstić information content (AvgIpc) is 2.72. The molecule has 0 fully saturated rings. The quantitative estimate of drug-likeness (QED) is 0.850. The van der Waals surface area contributed by atoms with Crippen LogP contribution in [-0.2, 0) is 19.9 Å². The van der Waals surface area contributed by atoms with Crippen molar-refractivity contribution in [2.75, 3.05) is 13.1 Å². The van der Waals surface area contributed by atoms with Gasteiger partial charge in [0.15, 0.2) is 0 Å². The first-order chi connectivity index (χ1) is 10.1. The molecule has 1 unspecified atom stereocenters. The van der Waals surface area contributed by atoms with Crippen LogP contribution in [0.5, 0.6) is 0 Å².